The van der Waals surface area contributed by atoms with E-state index in [4.69, 9.17) is 9.47 Å². The first-order valence-corrected chi connectivity index (χ1v) is 11.3. The molecule has 1 aliphatic carbocycles. The maximum atomic E-state index is 14.3. The first-order chi connectivity index (χ1) is 16.5. The van der Waals surface area contributed by atoms with Gasteiger partial charge in [0.1, 0.15) is 23.1 Å². The molecule has 6 nitrogen and oxygen atoms in total. The van der Waals surface area contributed by atoms with E-state index in [0.717, 1.165) is 17.8 Å². The van der Waals surface area contributed by atoms with Crippen LogP contribution < -0.4 is 20.1 Å². The number of nitrogens with one attached hydrogen (secondary N) is 2. The molecule has 1 amide bonds. The summed E-state index contributed by atoms with van der Waals surface area (Å²) in [5.74, 6) is -2.06. The molecule has 0 spiro atoms. The number of halogens is 2. The van der Waals surface area contributed by atoms with Crippen LogP contribution in [0, 0.1) is 17.0 Å². The summed E-state index contributed by atoms with van der Waals surface area (Å²) in [6, 6.07) is 8.13. The summed E-state index contributed by atoms with van der Waals surface area (Å²) < 4.78 is 38.6. The molecule has 35 heavy (non-hydrogen) atoms. The van der Waals surface area contributed by atoms with Crippen LogP contribution in [-0.4, -0.2) is 25.9 Å². The fraction of sp³-hybridized carbons (Fsp3) is 0.333. The number of carbonyl (C=O) groups excluding carboxylic acids is 2. The molecule has 0 aromatic heterocycles. The van der Waals surface area contributed by atoms with Crippen LogP contribution in [0.4, 0.5) is 14.5 Å². The van der Waals surface area contributed by atoms with Crippen LogP contribution in [0.1, 0.15) is 45.1 Å². The Kier molecular flexibility index (Phi) is 6.40. The number of ether oxygens (including phenoxy) is 2. The zero-order valence-corrected chi connectivity index (χ0v) is 20.3. The lowest BCUT2D eigenvalue weighted by atomic mass is 9.68. The predicted molar refractivity (Wildman–Crippen MR) is 128 cm³/mol. The van der Waals surface area contributed by atoms with Crippen molar-refractivity contribution in [2.24, 2.45) is 5.41 Å². The third-order valence-corrected chi connectivity index (χ3v) is 6.42. The van der Waals surface area contributed by atoms with Gasteiger partial charge < -0.3 is 20.1 Å². The predicted octanol–water partition coefficient (Wildman–Crippen LogP) is 5.22. The minimum absolute atomic E-state index is 0.0719. The van der Waals surface area contributed by atoms with E-state index in [9.17, 15) is 18.4 Å². The summed E-state index contributed by atoms with van der Waals surface area (Å²) in [6.07, 6.45) is 0.949. The zero-order valence-electron chi connectivity index (χ0n) is 20.3. The number of Topliss-reactive ketones (excluding diaryl/α,β-unsaturated/α-hetero) is 1. The highest BCUT2D eigenvalue weighted by Gasteiger charge is 2.43. The average Bonchev–Trinajstić information content (AvgIpc) is 2.78. The Labute approximate surface area is 203 Å². The summed E-state index contributed by atoms with van der Waals surface area (Å²) >= 11 is 0. The van der Waals surface area contributed by atoms with Crippen LogP contribution in [0.2, 0.25) is 0 Å². The largest absolute Gasteiger partial charge is 0.497 e. The van der Waals surface area contributed by atoms with Crippen LogP contribution in [0.15, 0.2) is 58.9 Å². The number of allylic oxidation sites excluding steroid dienone is 3. The van der Waals surface area contributed by atoms with Gasteiger partial charge in [-0.05, 0) is 37.0 Å². The smallest absolute Gasteiger partial charge is 0.254 e. The highest BCUT2D eigenvalue weighted by Crippen LogP contribution is 2.49. The fourth-order valence-corrected chi connectivity index (χ4v) is 4.89. The molecule has 1 atom stereocenters. The number of amides is 1. The molecular formula is C27H28F2N2O4. The number of rotatable bonds is 5. The third kappa shape index (κ3) is 4.65. The van der Waals surface area contributed by atoms with Gasteiger partial charge in [0.15, 0.2) is 5.78 Å². The lowest BCUT2D eigenvalue weighted by Crippen LogP contribution is -2.39. The quantitative estimate of drug-likeness (QED) is 0.611. The molecule has 0 saturated heterocycles. The molecule has 4 rings (SSSR count). The number of benzene rings is 2. The molecule has 184 valence electrons. The Morgan fingerprint density at radius 1 is 1.09 bits per heavy atom. The second-order valence-electron chi connectivity index (χ2n) is 9.62. The number of methoxy groups -OCH3 is 2. The number of anilines is 1. The molecule has 0 unspecified atom stereocenters. The first kappa shape index (κ1) is 24.4. The van der Waals surface area contributed by atoms with Crippen molar-refractivity contribution < 1.29 is 27.8 Å². The van der Waals surface area contributed by atoms with Crippen molar-refractivity contribution in [1.82, 2.24) is 5.32 Å². The second kappa shape index (κ2) is 9.17. The fourth-order valence-electron chi connectivity index (χ4n) is 4.89. The van der Waals surface area contributed by atoms with Gasteiger partial charge in [0.2, 0.25) is 0 Å². The maximum absolute atomic E-state index is 14.3. The van der Waals surface area contributed by atoms with Crippen LogP contribution in [-0.2, 0) is 9.59 Å². The van der Waals surface area contributed by atoms with Gasteiger partial charge in [0, 0.05) is 46.7 Å². The van der Waals surface area contributed by atoms with Crippen molar-refractivity contribution in [2.75, 3.05) is 19.5 Å². The first-order valence-electron chi connectivity index (χ1n) is 11.3. The van der Waals surface area contributed by atoms with Gasteiger partial charge in [-0.25, -0.2) is 8.78 Å². The summed E-state index contributed by atoms with van der Waals surface area (Å²) in [6.45, 7) is 5.80. The van der Waals surface area contributed by atoms with Gasteiger partial charge in [-0.2, -0.15) is 0 Å². The van der Waals surface area contributed by atoms with Gasteiger partial charge in [-0.15, -0.1) is 0 Å². The highest BCUT2D eigenvalue weighted by atomic mass is 19.1. The minimum atomic E-state index is -0.894. The van der Waals surface area contributed by atoms with Crippen molar-refractivity contribution >= 4 is 17.4 Å². The molecule has 0 radical (unpaired) electrons. The van der Waals surface area contributed by atoms with E-state index in [1.54, 1.807) is 25.1 Å². The topological polar surface area (TPSA) is 76.7 Å². The standard InChI is InChI=1S/C27H28F2N2O4/c1-14-23(26(33)31-19-9-6-15(28)10-18(19)29)24(17-8-7-16(34-4)11-22(17)35-5)25-20(30-14)12-27(2,3)13-21(25)32/h6-11,24,30H,12-13H2,1-5H3,(H,31,33)/t24-/m0/s1. The van der Waals surface area contributed by atoms with E-state index in [0.29, 0.717) is 47.2 Å². The number of hydrogen-bond donors (Lipinski definition) is 2. The van der Waals surface area contributed by atoms with E-state index in [-0.39, 0.29) is 22.5 Å². The molecule has 1 aliphatic heterocycles. The minimum Gasteiger partial charge on any atom is -0.497 e. The summed E-state index contributed by atoms with van der Waals surface area (Å²) in [5.41, 5.74) is 2.25. The number of hydrogen-bond acceptors (Lipinski definition) is 5. The number of ketones is 1. The molecule has 1 heterocycles. The van der Waals surface area contributed by atoms with Crippen molar-refractivity contribution in [3.05, 3.63) is 76.1 Å². The Hall–Kier alpha value is -3.68. The Morgan fingerprint density at radius 3 is 2.49 bits per heavy atom. The van der Waals surface area contributed by atoms with Crippen molar-refractivity contribution in [1.29, 1.82) is 0 Å². The summed E-state index contributed by atoms with van der Waals surface area (Å²) in [7, 11) is 3.04. The van der Waals surface area contributed by atoms with Gasteiger partial charge in [-0.1, -0.05) is 19.9 Å². The van der Waals surface area contributed by atoms with E-state index < -0.39 is 23.5 Å². The lowest BCUT2D eigenvalue weighted by molar-refractivity contribution is -0.118. The van der Waals surface area contributed by atoms with Crippen LogP contribution in [0.25, 0.3) is 0 Å². The second-order valence-corrected chi connectivity index (χ2v) is 9.62. The molecule has 2 aromatic rings. The van der Waals surface area contributed by atoms with Crippen LogP contribution >= 0.6 is 0 Å². The Bertz CT molecular complexity index is 1280. The van der Waals surface area contributed by atoms with Gasteiger partial charge in [-0.3, -0.25) is 9.59 Å². The zero-order chi connectivity index (χ0) is 25.5. The summed E-state index contributed by atoms with van der Waals surface area (Å²) in [4.78, 5) is 27.0. The SMILES string of the molecule is COc1ccc([C@H]2C(C(=O)Nc3ccc(F)cc3F)=C(C)NC3=C2C(=O)CC(C)(C)C3)c(OC)c1. The van der Waals surface area contributed by atoms with Crippen molar-refractivity contribution in [2.45, 2.75) is 39.5 Å². The normalized spacial score (nSPS) is 19.2. The lowest BCUT2D eigenvalue weighted by Gasteiger charge is -2.40. The molecule has 0 bridgehead atoms. The van der Waals surface area contributed by atoms with Crippen molar-refractivity contribution in [3.8, 4) is 11.5 Å². The molecule has 0 saturated carbocycles. The monoisotopic (exact) mass is 482 g/mol. The maximum Gasteiger partial charge on any atom is 0.254 e. The average molecular weight is 483 g/mol. The Balaban J connectivity index is 1.86. The van der Waals surface area contributed by atoms with Gasteiger partial charge in [0.25, 0.3) is 5.91 Å². The molecule has 0 fully saturated rings. The van der Waals surface area contributed by atoms with E-state index in [1.165, 1.54) is 14.2 Å². The van der Waals surface area contributed by atoms with Gasteiger partial charge in [0.05, 0.1) is 25.8 Å². The number of carbonyl (C=O) groups is 2. The van der Waals surface area contributed by atoms with Crippen LogP contribution in [0.3, 0.4) is 0 Å². The molecule has 2 aliphatic rings. The third-order valence-electron chi connectivity index (χ3n) is 6.42. The van der Waals surface area contributed by atoms with Crippen LogP contribution in [0.5, 0.6) is 11.5 Å². The Morgan fingerprint density at radius 2 is 1.83 bits per heavy atom. The molecule has 8 heteroatoms. The van der Waals surface area contributed by atoms with E-state index in [1.807, 2.05) is 13.8 Å². The van der Waals surface area contributed by atoms with Crippen molar-refractivity contribution in [3.63, 3.8) is 0 Å². The molecular weight excluding hydrogens is 454 g/mol. The molecule has 2 aromatic carbocycles. The van der Waals surface area contributed by atoms with E-state index in [2.05, 4.69) is 10.6 Å². The molecule has 2 N–H and O–H groups in total. The van der Waals surface area contributed by atoms with E-state index >= 15 is 0 Å². The van der Waals surface area contributed by atoms with Gasteiger partial charge >= 0.3 is 0 Å². The number of dihydropyridines is 1. The summed E-state index contributed by atoms with van der Waals surface area (Å²) in [5, 5.41) is 5.81. The highest BCUT2D eigenvalue weighted by molar-refractivity contribution is 6.10.